The van der Waals surface area contributed by atoms with Gasteiger partial charge in [-0.1, -0.05) is 24.3 Å². The lowest BCUT2D eigenvalue weighted by Crippen LogP contribution is -2.05. The van der Waals surface area contributed by atoms with Gasteiger partial charge in [0.1, 0.15) is 5.82 Å². The lowest BCUT2D eigenvalue weighted by molar-refractivity contribution is 0.0600. The molecule has 1 N–H and O–H groups in total. The number of halogens is 1. The van der Waals surface area contributed by atoms with Crippen LogP contribution in [0, 0.1) is 0 Å². The van der Waals surface area contributed by atoms with Crippen LogP contribution in [0.15, 0.2) is 47.1 Å². The molecule has 1 heterocycles. The van der Waals surface area contributed by atoms with E-state index in [1.807, 2.05) is 37.3 Å². The zero-order valence-electron chi connectivity index (χ0n) is 12.5. The van der Waals surface area contributed by atoms with E-state index in [4.69, 9.17) is 0 Å². The van der Waals surface area contributed by atoms with E-state index in [-0.39, 0.29) is 5.97 Å². The summed E-state index contributed by atoms with van der Waals surface area (Å²) in [5.74, 6) is 0.480. The van der Waals surface area contributed by atoms with Crippen LogP contribution in [0.2, 0.25) is 0 Å². The predicted octanol–water partition coefficient (Wildman–Crippen LogP) is 4.28. The van der Waals surface area contributed by atoms with E-state index in [1.165, 1.54) is 7.11 Å². The van der Waals surface area contributed by atoms with Crippen LogP contribution in [0.1, 0.15) is 28.4 Å². The molecule has 0 saturated heterocycles. The van der Waals surface area contributed by atoms with E-state index < -0.39 is 0 Å². The maximum absolute atomic E-state index is 11.4. The third-order valence-electron chi connectivity index (χ3n) is 3.11. The highest BCUT2D eigenvalue weighted by atomic mass is 79.9. The fraction of sp³-hybridized carbons (Fsp3) is 0.176. The summed E-state index contributed by atoms with van der Waals surface area (Å²) in [5, 5.41) is 3.31. The third kappa shape index (κ3) is 3.95. The van der Waals surface area contributed by atoms with Crippen LogP contribution in [-0.2, 0) is 11.3 Å². The smallest absolute Gasteiger partial charge is 0.337 e. The monoisotopic (exact) mass is 360 g/mol. The Labute approximate surface area is 138 Å². The van der Waals surface area contributed by atoms with Crippen molar-refractivity contribution < 1.29 is 9.53 Å². The minimum atomic E-state index is -0.330. The van der Waals surface area contributed by atoms with Crippen LogP contribution in [0.5, 0.6) is 0 Å². The van der Waals surface area contributed by atoms with Crippen molar-refractivity contribution >= 4 is 33.8 Å². The number of nitrogens with one attached hydrogen (secondary N) is 1. The first-order valence-electron chi connectivity index (χ1n) is 6.84. The van der Waals surface area contributed by atoms with Gasteiger partial charge >= 0.3 is 5.97 Å². The van der Waals surface area contributed by atoms with Crippen LogP contribution < -0.4 is 5.32 Å². The van der Waals surface area contributed by atoms with Crippen molar-refractivity contribution in [3.8, 4) is 0 Å². The van der Waals surface area contributed by atoms with Crippen molar-refractivity contribution in [1.82, 2.24) is 4.98 Å². The Morgan fingerprint density at radius 1 is 1.32 bits per heavy atom. The van der Waals surface area contributed by atoms with Crippen LogP contribution in [0.25, 0.3) is 6.08 Å². The van der Waals surface area contributed by atoms with Crippen molar-refractivity contribution in [2.75, 3.05) is 12.4 Å². The Hall–Kier alpha value is -2.14. The van der Waals surface area contributed by atoms with Gasteiger partial charge in [0, 0.05) is 22.8 Å². The molecule has 0 amide bonds. The first kappa shape index (κ1) is 16.2. The summed E-state index contributed by atoms with van der Waals surface area (Å²) in [6, 6.07) is 9.21. The highest BCUT2D eigenvalue weighted by Gasteiger charge is 2.06. The zero-order valence-corrected chi connectivity index (χ0v) is 14.1. The highest BCUT2D eigenvalue weighted by Crippen LogP contribution is 2.24. The summed E-state index contributed by atoms with van der Waals surface area (Å²) >= 11 is 3.53. The fourth-order valence-electron chi connectivity index (χ4n) is 1.98. The number of rotatable bonds is 5. The second-order valence-electron chi connectivity index (χ2n) is 4.60. The molecule has 0 radical (unpaired) electrons. The second-order valence-corrected chi connectivity index (χ2v) is 5.45. The van der Waals surface area contributed by atoms with Crippen molar-refractivity contribution in [3.05, 3.63) is 63.8 Å². The van der Waals surface area contributed by atoms with Gasteiger partial charge in [-0.05, 0) is 46.6 Å². The molecule has 0 bridgehead atoms. The van der Waals surface area contributed by atoms with E-state index in [1.54, 1.807) is 18.3 Å². The molecular weight excluding hydrogens is 344 g/mol. The molecule has 114 valence electrons. The number of hydrogen-bond acceptors (Lipinski definition) is 4. The van der Waals surface area contributed by atoms with Crippen LogP contribution in [-0.4, -0.2) is 18.1 Å². The minimum Gasteiger partial charge on any atom is -0.465 e. The molecule has 0 aliphatic carbocycles. The number of carbonyl (C=O) groups is 1. The van der Waals surface area contributed by atoms with Crippen LogP contribution >= 0.6 is 15.9 Å². The molecule has 0 aliphatic heterocycles. The number of benzene rings is 1. The number of aromatic nitrogens is 1. The SMILES string of the molecule is C/C=C\c1c(Br)ccnc1NCc1ccc(C(=O)OC)cc1. The Balaban J connectivity index is 2.10. The summed E-state index contributed by atoms with van der Waals surface area (Å²) in [7, 11) is 1.37. The Morgan fingerprint density at radius 3 is 2.68 bits per heavy atom. The topological polar surface area (TPSA) is 51.2 Å². The normalized spacial score (nSPS) is 10.7. The van der Waals surface area contributed by atoms with Gasteiger partial charge in [-0.3, -0.25) is 0 Å². The summed E-state index contributed by atoms with van der Waals surface area (Å²) in [5.41, 5.74) is 2.61. The Bertz CT molecular complexity index is 682. The zero-order chi connectivity index (χ0) is 15.9. The molecular formula is C17H17BrN2O2. The third-order valence-corrected chi connectivity index (χ3v) is 3.80. The standard InChI is InChI=1S/C17H17BrN2O2/c1-3-4-14-15(18)9-10-19-16(14)20-11-12-5-7-13(8-6-12)17(21)22-2/h3-10H,11H2,1-2H3,(H,19,20)/b4-3-. The average Bonchev–Trinajstić information content (AvgIpc) is 2.55. The first-order chi connectivity index (χ1) is 10.7. The van der Waals surface area contributed by atoms with Gasteiger partial charge in [0.15, 0.2) is 0 Å². The number of nitrogens with zero attached hydrogens (tertiary/aromatic N) is 1. The average molecular weight is 361 g/mol. The molecule has 5 heteroatoms. The van der Waals surface area contributed by atoms with Gasteiger partial charge in [0.05, 0.1) is 12.7 Å². The molecule has 1 aromatic carbocycles. The molecule has 0 unspecified atom stereocenters. The molecule has 0 atom stereocenters. The molecule has 2 aromatic rings. The maximum atomic E-state index is 11.4. The van der Waals surface area contributed by atoms with E-state index in [9.17, 15) is 4.79 Å². The van der Waals surface area contributed by atoms with Gasteiger partial charge in [0.2, 0.25) is 0 Å². The summed E-state index contributed by atoms with van der Waals surface area (Å²) < 4.78 is 5.67. The number of pyridine rings is 1. The lowest BCUT2D eigenvalue weighted by Gasteiger charge is -2.10. The van der Waals surface area contributed by atoms with Gasteiger partial charge in [-0.25, -0.2) is 9.78 Å². The predicted molar refractivity (Wildman–Crippen MR) is 91.8 cm³/mol. The number of allylic oxidation sites excluding steroid dienone is 1. The summed E-state index contributed by atoms with van der Waals surface area (Å²) in [6.45, 7) is 2.59. The molecule has 0 spiro atoms. The van der Waals surface area contributed by atoms with Gasteiger partial charge in [0.25, 0.3) is 0 Å². The minimum absolute atomic E-state index is 0.330. The molecule has 22 heavy (non-hydrogen) atoms. The molecule has 4 nitrogen and oxygen atoms in total. The first-order valence-corrected chi connectivity index (χ1v) is 7.63. The molecule has 0 aliphatic rings. The molecule has 2 rings (SSSR count). The van der Waals surface area contributed by atoms with E-state index in [0.29, 0.717) is 12.1 Å². The number of methoxy groups -OCH3 is 1. The van der Waals surface area contributed by atoms with E-state index in [0.717, 1.165) is 21.4 Å². The van der Waals surface area contributed by atoms with Gasteiger partial charge in [-0.15, -0.1) is 0 Å². The molecule has 1 aromatic heterocycles. The quantitative estimate of drug-likeness (QED) is 0.808. The fourth-order valence-corrected chi connectivity index (χ4v) is 2.42. The largest absolute Gasteiger partial charge is 0.465 e. The van der Waals surface area contributed by atoms with Crippen molar-refractivity contribution in [1.29, 1.82) is 0 Å². The highest BCUT2D eigenvalue weighted by molar-refractivity contribution is 9.10. The number of carbonyl (C=O) groups excluding carboxylic acids is 1. The maximum Gasteiger partial charge on any atom is 0.337 e. The molecule has 0 fully saturated rings. The van der Waals surface area contributed by atoms with E-state index >= 15 is 0 Å². The van der Waals surface area contributed by atoms with Crippen LogP contribution in [0.4, 0.5) is 5.82 Å². The Morgan fingerprint density at radius 2 is 2.05 bits per heavy atom. The number of ether oxygens (including phenoxy) is 1. The van der Waals surface area contributed by atoms with Gasteiger partial charge < -0.3 is 10.1 Å². The van der Waals surface area contributed by atoms with Crippen molar-refractivity contribution in [3.63, 3.8) is 0 Å². The van der Waals surface area contributed by atoms with E-state index in [2.05, 4.69) is 31.0 Å². The summed E-state index contributed by atoms with van der Waals surface area (Å²) in [6.07, 6.45) is 5.72. The van der Waals surface area contributed by atoms with Crippen LogP contribution in [0.3, 0.4) is 0 Å². The Kier molecular flexibility index (Phi) is 5.72. The number of esters is 1. The van der Waals surface area contributed by atoms with Gasteiger partial charge in [-0.2, -0.15) is 0 Å². The molecule has 0 saturated carbocycles. The number of anilines is 1. The lowest BCUT2D eigenvalue weighted by atomic mass is 10.1. The number of hydrogen-bond donors (Lipinski definition) is 1. The van der Waals surface area contributed by atoms with Crippen molar-refractivity contribution in [2.24, 2.45) is 0 Å². The second kappa shape index (κ2) is 7.75. The summed E-state index contributed by atoms with van der Waals surface area (Å²) in [4.78, 5) is 15.8. The van der Waals surface area contributed by atoms with Crippen molar-refractivity contribution in [2.45, 2.75) is 13.5 Å².